The molecule has 1 aliphatic heterocycles. The third-order valence-corrected chi connectivity index (χ3v) is 5.95. The summed E-state index contributed by atoms with van der Waals surface area (Å²) < 4.78 is 0. The maximum absolute atomic E-state index is 12.4. The van der Waals surface area contributed by atoms with Crippen LogP contribution in [0.2, 0.25) is 0 Å². The first-order chi connectivity index (χ1) is 10.0. The van der Waals surface area contributed by atoms with E-state index in [0.717, 1.165) is 17.7 Å². The monoisotopic (exact) mass is 308 g/mol. The first kappa shape index (κ1) is 14.4. The molecule has 2 fully saturated rings. The van der Waals surface area contributed by atoms with E-state index in [1.807, 2.05) is 24.4 Å². The van der Waals surface area contributed by atoms with Crippen LogP contribution in [-0.4, -0.2) is 35.1 Å². The van der Waals surface area contributed by atoms with Crippen molar-refractivity contribution in [1.82, 2.24) is 10.2 Å². The van der Waals surface area contributed by atoms with Crippen LogP contribution in [-0.2, 0) is 4.79 Å². The van der Waals surface area contributed by atoms with Crippen LogP contribution in [0.3, 0.4) is 0 Å². The Morgan fingerprint density at radius 3 is 3.00 bits per heavy atom. The van der Waals surface area contributed by atoms with Gasteiger partial charge in [-0.1, -0.05) is 12.5 Å². The molecule has 0 bridgehead atoms. The molecule has 3 atom stereocenters. The maximum atomic E-state index is 12.4. The summed E-state index contributed by atoms with van der Waals surface area (Å²) in [6.07, 6.45) is 2.56. The van der Waals surface area contributed by atoms with Gasteiger partial charge < -0.3 is 15.3 Å². The Balaban J connectivity index is 1.66. The molecule has 21 heavy (non-hydrogen) atoms. The van der Waals surface area contributed by atoms with E-state index >= 15 is 0 Å². The molecule has 1 unspecified atom stereocenters. The van der Waals surface area contributed by atoms with Crippen LogP contribution >= 0.6 is 11.3 Å². The molecular weight excluding hydrogens is 288 g/mol. The summed E-state index contributed by atoms with van der Waals surface area (Å²) in [5.41, 5.74) is -0.705. The number of carbonyl (C=O) groups is 2. The second-order valence-corrected chi connectivity index (χ2v) is 7.10. The van der Waals surface area contributed by atoms with E-state index in [2.05, 4.69) is 5.32 Å². The smallest absolute Gasteiger partial charge is 0.317 e. The molecule has 1 saturated heterocycles. The van der Waals surface area contributed by atoms with Crippen molar-refractivity contribution in [2.75, 3.05) is 13.1 Å². The second-order valence-electron chi connectivity index (χ2n) is 6.12. The number of aliphatic carboxylic acids is 1. The SMILES string of the molecule is CC(NC(=O)N1C[C@@H]2CCC[C@@]2(C(=O)O)C1)c1cccs1. The van der Waals surface area contributed by atoms with Gasteiger partial charge in [-0.3, -0.25) is 4.79 Å². The zero-order chi connectivity index (χ0) is 15.0. The van der Waals surface area contributed by atoms with Crippen molar-refractivity contribution in [3.8, 4) is 0 Å². The van der Waals surface area contributed by atoms with E-state index in [0.29, 0.717) is 19.5 Å². The number of carboxylic acid groups (broad SMARTS) is 1. The highest BCUT2D eigenvalue weighted by Crippen LogP contribution is 2.48. The summed E-state index contributed by atoms with van der Waals surface area (Å²) in [7, 11) is 0. The maximum Gasteiger partial charge on any atom is 0.317 e. The van der Waals surface area contributed by atoms with E-state index in [-0.39, 0.29) is 18.0 Å². The van der Waals surface area contributed by atoms with Gasteiger partial charge in [0.25, 0.3) is 0 Å². The Hall–Kier alpha value is -1.56. The molecule has 3 rings (SSSR count). The number of nitrogens with zero attached hydrogens (tertiary/aromatic N) is 1. The predicted molar refractivity (Wildman–Crippen MR) is 80.2 cm³/mol. The summed E-state index contributed by atoms with van der Waals surface area (Å²) >= 11 is 1.61. The molecule has 1 aromatic rings. The summed E-state index contributed by atoms with van der Waals surface area (Å²) in [6, 6.07) is 3.76. The van der Waals surface area contributed by atoms with Gasteiger partial charge in [0, 0.05) is 18.0 Å². The number of urea groups is 1. The molecule has 2 amide bonds. The van der Waals surface area contributed by atoms with Gasteiger partial charge in [0.2, 0.25) is 0 Å². The van der Waals surface area contributed by atoms with Crippen LogP contribution in [0, 0.1) is 11.3 Å². The van der Waals surface area contributed by atoms with Crippen LogP contribution in [0.4, 0.5) is 4.79 Å². The summed E-state index contributed by atoms with van der Waals surface area (Å²) in [6.45, 7) is 2.86. The second kappa shape index (κ2) is 5.33. The molecule has 0 aromatic carbocycles. The highest BCUT2D eigenvalue weighted by atomic mass is 32.1. The van der Waals surface area contributed by atoms with Crippen LogP contribution in [0.15, 0.2) is 17.5 Å². The lowest BCUT2D eigenvalue weighted by molar-refractivity contribution is -0.149. The minimum absolute atomic E-state index is 0.0429. The van der Waals surface area contributed by atoms with Crippen molar-refractivity contribution in [2.24, 2.45) is 11.3 Å². The van der Waals surface area contributed by atoms with E-state index in [9.17, 15) is 14.7 Å². The Bertz CT molecular complexity index is 545. The van der Waals surface area contributed by atoms with Gasteiger partial charge in [-0.25, -0.2) is 4.79 Å². The van der Waals surface area contributed by atoms with Crippen LogP contribution < -0.4 is 5.32 Å². The molecule has 1 aliphatic carbocycles. The highest BCUT2D eigenvalue weighted by Gasteiger charge is 2.55. The molecule has 0 radical (unpaired) electrons. The zero-order valence-corrected chi connectivity index (χ0v) is 12.9. The van der Waals surface area contributed by atoms with E-state index in [1.54, 1.807) is 16.2 Å². The Morgan fingerprint density at radius 1 is 1.57 bits per heavy atom. The third-order valence-electron chi connectivity index (χ3n) is 4.89. The lowest BCUT2D eigenvalue weighted by Gasteiger charge is -2.24. The summed E-state index contributed by atoms with van der Waals surface area (Å²) in [4.78, 5) is 26.8. The predicted octanol–water partition coefficient (Wildman–Crippen LogP) is 2.71. The van der Waals surface area contributed by atoms with Crippen molar-refractivity contribution in [2.45, 2.75) is 32.2 Å². The number of thiophene rings is 1. The molecule has 0 spiro atoms. The highest BCUT2D eigenvalue weighted by molar-refractivity contribution is 7.10. The summed E-state index contributed by atoms with van der Waals surface area (Å²) in [5.74, 6) is -0.635. The van der Waals surface area contributed by atoms with E-state index in [1.165, 1.54) is 0 Å². The minimum atomic E-state index is -0.744. The number of amides is 2. The van der Waals surface area contributed by atoms with Crippen molar-refractivity contribution >= 4 is 23.3 Å². The number of carboxylic acids is 1. The molecule has 2 N–H and O–H groups in total. The van der Waals surface area contributed by atoms with Crippen LogP contribution in [0.5, 0.6) is 0 Å². The largest absolute Gasteiger partial charge is 0.481 e. The molecule has 2 aliphatic rings. The van der Waals surface area contributed by atoms with Crippen molar-refractivity contribution in [1.29, 1.82) is 0 Å². The Labute approximate surface area is 128 Å². The summed E-state index contributed by atoms with van der Waals surface area (Å²) in [5, 5.41) is 14.5. The zero-order valence-electron chi connectivity index (χ0n) is 12.0. The number of carbonyl (C=O) groups excluding carboxylic acids is 1. The molecule has 114 valence electrons. The van der Waals surface area contributed by atoms with Crippen molar-refractivity contribution in [3.63, 3.8) is 0 Å². The van der Waals surface area contributed by atoms with Crippen molar-refractivity contribution < 1.29 is 14.7 Å². The minimum Gasteiger partial charge on any atom is -0.481 e. The number of hydrogen-bond donors (Lipinski definition) is 2. The molecule has 1 saturated carbocycles. The fourth-order valence-corrected chi connectivity index (χ4v) is 4.41. The van der Waals surface area contributed by atoms with E-state index in [4.69, 9.17) is 0 Å². The fourth-order valence-electron chi connectivity index (χ4n) is 3.68. The lowest BCUT2D eigenvalue weighted by Crippen LogP contribution is -2.42. The van der Waals surface area contributed by atoms with Gasteiger partial charge >= 0.3 is 12.0 Å². The number of nitrogens with one attached hydrogen (secondary N) is 1. The fraction of sp³-hybridized carbons (Fsp3) is 0.600. The number of hydrogen-bond acceptors (Lipinski definition) is 3. The van der Waals surface area contributed by atoms with Gasteiger partial charge in [0.05, 0.1) is 11.5 Å². The third kappa shape index (κ3) is 2.41. The average Bonchev–Trinajstić information content (AvgIpc) is 3.13. The Morgan fingerprint density at radius 2 is 2.38 bits per heavy atom. The van der Waals surface area contributed by atoms with Gasteiger partial charge in [-0.2, -0.15) is 0 Å². The standard InChI is InChI=1S/C15H20N2O3S/c1-10(12-5-3-7-21-12)16-14(20)17-8-11-4-2-6-15(11,9-17)13(18)19/h3,5,7,10-11H,2,4,6,8-9H2,1H3,(H,16,20)(H,18,19)/t10?,11-,15+/m0/s1. The first-order valence-corrected chi connectivity index (χ1v) is 8.23. The molecule has 5 nitrogen and oxygen atoms in total. The number of rotatable bonds is 3. The first-order valence-electron chi connectivity index (χ1n) is 7.35. The Kier molecular flexibility index (Phi) is 3.65. The number of fused-ring (bicyclic) bond motifs is 1. The molecular formula is C15H20N2O3S. The van der Waals surface area contributed by atoms with Crippen molar-refractivity contribution in [3.05, 3.63) is 22.4 Å². The van der Waals surface area contributed by atoms with Crippen LogP contribution in [0.1, 0.15) is 37.1 Å². The van der Waals surface area contributed by atoms with Crippen LogP contribution in [0.25, 0.3) is 0 Å². The normalized spacial score (nSPS) is 29.2. The van der Waals surface area contributed by atoms with Gasteiger partial charge in [0.1, 0.15) is 0 Å². The van der Waals surface area contributed by atoms with Gasteiger partial charge in [-0.15, -0.1) is 11.3 Å². The lowest BCUT2D eigenvalue weighted by atomic mass is 9.81. The molecule has 2 heterocycles. The number of likely N-dealkylation sites (tertiary alicyclic amines) is 1. The van der Waals surface area contributed by atoms with Gasteiger partial charge in [0.15, 0.2) is 0 Å². The van der Waals surface area contributed by atoms with E-state index < -0.39 is 11.4 Å². The quantitative estimate of drug-likeness (QED) is 0.902. The molecule has 1 aromatic heterocycles. The average molecular weight is 308 g/mol. The van der Waals surface area contributed by atoms with Gasteiger partial charge in [-0.05, 0) is 37.1 Å². The topological polar surface area (TPSA) is 69.6 Å². The molecule has 6 heteroatoms.